The van der Waals surface area contributed by atoms with Crippen LogP contribution in [-0.2, 0) is 12.2 Å². The summed E-state index contributed by atoms with van der Waals surface area (Å²) in [7, 11) is 0. The number of rotatable bonds is 6. The molecule has 6 heteroatoms. The zero-order valence-corrected chi connectivity index (χ0v) is 10.7. The van der Waals surface area contributed by atoms with E-state index < -0.39 is 0 Å². The topological polar surface area (TPSA) is 67.6 Å². The van der Waals surface area contributed by atoms with Gasteiger partial charge in [-0.15, -0.1) is 11.8 Å². The number of aromatic amines is 1. The van der Waals surface area contributed by atoms with E-state index in [9.17, 15) is 4.39 Å². The summed E-state index contributed by atoms with van der Waals surface area (Å²) in [5, 5.41) is 6.95. The minimum absolute atomic E-state index is 0.203. The fourth-order valence-electron chi connectivity index (χ4n) is 1.48. The van der Waals surface area contributed by atoms with Crippen molar-refractivity contribution in [1.82, 2.24) is 15.2 Å². The van der Waals surface area contributed by atoms with Gasteiger partial charge in [-0.1, -0.05) is 12.1 Å². The first-order valence-corrected chi connectivity index (χ1v) is 6.75. The van der Waals surface area contributed by atoms with Crippen molar-refractivity contribution in [2.75, 3.05) is 6.54 Å². The van der Waals surface area contributed by atoms with Crippen LogP contribution in [0.4, 0.5) is 4.39 Å². The maximum Gasteiger partial charge on any atom is 0.150 e. The molecule has 0 fully saturated rings. The summed E-state index contributed by atoms with van der Waals surface area (Å²) in [6.45, 7) is 0.633. The predicted octanol–water partition coefficient (Wildman–Crippen LogP) is 2.13. The fourth-order valence-corrected chi connectivity index (χ4v) is 2.28. The zero-order valence-electron chi connectivity index (χ0n) is 9.90. The molecule has 1 heterocycles. The van der Waals surface area contributed by atoms with Crippen molar-refractivity contribution >= 4 is 11.8 Å². The molecule has 0 aliphatic carbocycles. The van der Waals surface area contributed by atoms with E-state index in [1.807, 2.05) is 6.07 Å². The number of nitrogens with zero attached hydrogens (tertiary/aromatic N) is 2. The number of hydrogen-bond acceptors (Lipinski definition) is 4. The van der Waals surface area contributed by atoms with Gasteiger partial charge in [-0.2, -0.15) is 5.10 Å². The summed E-state index contributed by atoms with van der Waals surface area (Å²) in [5.41, 5.74) is 5.42. The Bertz CT molecular complexity index is 500. The smallest absolute Gasteiger partial charge is 0.150 e. The van der Waals surface area contributed by atoms with E-state index in [2.05, 4.69) is 15.2 Å². The molecular formula is C12H15FN4S. The Hall–Kier alpha value is -1.40. The largest absolute Gasteiger partial charge is 0.330 e. The lowest BCUT2D eigenvalue weighted by molar-refractivity contribution is 0.602. The lowest BCUT2D eigenvalue weighted by Crippen LogP contribution is -2.01. The molecule has 0 saturated carbocycles. The third-order valence-corrected chi connectivity index (χ3v) is 3.44. The van der Waals surface area contributed by atoms with E-state index in [0.717, 1.165) is 24.5 Å². The second kappa shape index (κ2) is 6.51. The monoisotopic (exact) mass is 266 g/mol. The summed E-state index contributed by atoms with van der Waals surface area (Å²) >= 11 is 1.40. The summed E-state index contributed by atoms with van der Waals surface area (Å²) < 4.78 is 13.4. The van der Waals surface area contributed by atoms with E-state index in [0.29, 0.717) is 17.2 Å². The van der Waals surface area contributed by atoms with Gasteiger partial charge in [0.1, 0.15) is 11.6 Å². The van der Waals surface area contributed by atoms with Gasteiger partial charge in [0.25, 0.3) is 0 Å². The maximum absolute atomic E-state index is 13.4. The van der Waals surface area contributed by atoms with Crippen LogP contribution in [0.5, 0.6) is 0 Å². The number of aromatic nitrogens is 3. The van der Waals surface area contributed by atoms with Crippen LogP contribution in [0, 0.1) is 5.82 Å². The van der Waals surface area contributed by atoms with Crippen LogP contribution in [0.3, 0.4) is 0 Å². The van der Waals surface area contributed by atoms with Gasteiger partial charge in [-0.25, -0.2) is 9.37 Å². The summed E-state index contributed by atoms with van der Waals surface area (Å²) in [4.78, 5) is 4.95. The molecule has 1 aromatic carbocycles. The van der Waals surface area contributed by atoms with Gasteiger partial charge in [0.2, 0.25) is 0 Å². The molecule has 18 heavy (non-hydrogen) atoms. The van der Waals surface area contributed by atoms with Crippen molar-refractivity contribution in [3.05, 3.63) is 41.7 Å². The van der Waals surface area contributed by atoms with E-state index in [-0.39, 0.29) is 5.82 Å². The van der Waals surface area contributed by atoms with Crippen LogP contribution in [0.2, 0.25) is 0 Å². The average molecular weight is 266 g/mol. The molecule has 0 bridgehead atoms. The van der Waals surface area contributed by atoms with Gasteiger partial charge >= 0.3 is 0 Å². The number of hydrogen-bond donors (Lipinski definition) is 2. The van der Waals surface area contributed by atoms with E-state index >= 15 is 0 Å². The molecule has 0 unspecified atom stereocenters. The molecule has 0 atom stereocenters. The van der Waals surface area contributed by atoms with Crippen LogP contribution in [0.25, 0.3) is 0 Å². The van der Waals surface area contributed by atoms with Gasteiger partial charge in [0.05, 0.1) is 5.75 Å². The van der Waals surface area contributed by atoms with Crippen LogP contribution < -0.4 is 5.73 Å². The highest BCUT2D eigenvalue weighted by molar-refractivity contribution is 7.98. The lowest BCUT2D eigenvalue weighted by Gasteiger charge is -1.99. The van der Waals surface area contributed by atoms with Crippen molar-refractivity contribution in [3.63, 3.8) is 0 Å². The molecule has 2 rings (SSSR count). The molecule has 0 aliphatic rings. The first kappa shape index (κ1) is 13.0. The van der Waals surface area contributed by atoms with Gasteiger partial charge in [-0.3, -0.25) is 5.10 Å². The van der Waals surface area contributed by atoms with Crippen LogP contribution >= 0.6 is 11.8 Å². The van der Waals surface area contributed by atoms with Crippen LogP contribution in [0.15, 0.2) is 29.2 Å². The minimum atomic E-state index is -0.203. The molecule has 0 saturated heterocycles. The number of nitrogens with two attached hydrogens (primary N) is 1. The fraction of sp³-hybridized carbons (Fsp3) is 0.333. The Morgan fingerprint density at radius 2 is 2.17 bits per heavy atom. The summed E-state index contributed by atoms with van der Waals surface area (Å²) in [6, 6.07) is 6.71. The normalized spacial score (nSPS) is 10.8. The molecule has 0 spiro atoms. The SMILES string of the molecule is NCCCc1n[nH]c(CSc2ccccc2F)n1. The Morgan fingerprint density at radius 1 is 1.33 bits per heavy atom. The van der Waals surface area contributed by atoms with Gasteiger partial charge in [0, 0.05) is 11.3 Å². The Balaban J connectivity index is 1.90. The highest BCUT2D eigenvalue weighted by atomic mass is 32.2. The second-order valence-corrected chi connectivity index (χ2v) is 4.83. The molecule has 0 aliphatic heterocycles. The first-order chi connectivity index (χ1) is 8.79. The van der Waals surface area contributed by atoms with Gasteiger partial charge in [-0.05, 0) is 25.1 Å². The van der Waals surface area contributed by atoms with E-state index in [1.54, 1.807) is 12.1 Å². The Labute approximate surface area is 109 Å². The number of thioether (sulfide) groups is 1. The van der Waals surface area contributed by atoms with E-state index in [1.165, 1.54) is 17.8 Å². The summed E-state index contributed by atoms with van der Waals surface area (Å²) in [5.74, 6) is 1.90. The third kappa shape index (κ3) is 3.54. The number of H-pyrrole nitrogens is 1. The number of benzene rings is 1. The van der Waals surface area contributed by atoms with Crippen LogP contribution in [0.1, 0.15) is 18.1 Å². The van der Waals surface area contributed by atoms with Crippen LogP contribution in [-0.4, -0.2) is 21.7 Å². The molecule has 2 aromatic rings. The van der Waals surface area contributed by atoms with Crippen molar-refractivity contribution in [2.24, 2.45) is 5.73 Å². The Kier molecular flexibility index (Phi) is 4.72. The van der Waals surface area contributed by atoms with Gasteiger partial charge in [0.15, 0.2) is 5.82 Å². The zero-order chi connectivity index (χ0) is 12.8. The molecular weight excluding hydrogens is 251 g/mol. The molecule has 3 N–H and O–H groups in total. The molecule has 0 radical (unpaired) electrons. The molecule has 4 nitrogen and oxygen atoms in total. The van der Waals surface area contributed by atoms with E-state index in [4.69, 9.17) is 5.73 Å². The third-order valence-electron chi connectivity index (χ3n) is 2.38. The molecule has 1 aromatic heterocycles. The predicted molar refractivity (Wildman–Crippen MR) is 69.7 cm³/mol. The lowest BCUT2D eigenvalue weighted by atomic mass is 10.3. The van der Waals surface area contributed by atoms with Crippen molar-refractivity contribution in [3.8, 4) is 0 Å². The quantitative estimate of drug-likeness (QED) is 0.786. The second-order valence-electron chi connectivity index (χ2n) is 3.81. The highest BCUT2D eigenvalue weighted by Crippen LogP contribution is 2.23. The number of nitrogens with one attached hydrogen (secondary N) is 1. The van der Waals surface area contributed by atoms with Crippen molar-refractivity contribution < 1.29 is 4.39 Å². The van der Waals surface area contributed by atoms with Gasteiger partial charge < -0.3 is 5.73 Å². The average Bonchev–Trinajstić information content (AvgIpc) is 2.83. The minimum Gasteiger partial charge on any atom is -0.330 e. The van der Waals surface area contributed by atoms with Crippen molar-refractivity contribution in [1.29, 1.82) is 0 Å². The standard InChI is InChI=1S/C12H15FN4S/c13-9-4-1-2-5-10(9)18-8-12-15-11(16-17-12)6-3-7-14/h1-2,4-5H,3,6-8,14H2,(H,15,16,17). The molecule has 96 valence electrons. The Morgan fingerprint density at radius 3 is 2.94 bits per heavy atom. The highest BCUT2D eigenvalue weighted by Gasteiger charge is 2.06. The number of halogens is 1. The summed E-state index contributed by atoms with van der Waals surface area (Å²) in [6.07, 6.45) is 1.65. The number of aryl methyl sites for hydroxylation is 1. The first-order valence-electron chi connectivity index (χ1n) is 5.77. The molecule has 0 amide bonds. The maximum atomic E-state index is 13.4. The van der Waals surface area contributed by atoms with Crippen molar-refractivity contribution in [2.45, 2.75) is 23.5 Å².